The molecular formula is C27H28N2O4. The highest BCUT2D eigenvalue weighted by atomic mass is 16.3. The van der Waals surface area contributed by atoms with Crippen LogP contribution in [0.25, 0.3) is 0 Å². The minimum Gasteiger partial charge on any atom is -0.394 e. The molecule has 6 nitrogen and oxygen atoms in total. The Kier molecular flexibility index (Phi) is 8.49. The van der Waals surface area contributed by atoms with E-state index in [9.17, 15) is 19.5 Å². The summed E-state index contributed by atoms with van der Waals surface area (Å²) in [5.41, 5.74) is 2.66. The summed E-state index contributed by atoms with van der Waals surface area (Å²) in [4.78, 5) is 37.9. The first-order valence-electron chi connectivity index (χ1n) is 10.9. The van der Waals surface area contributed by atoms with Crippen LogP contribution in [0.3, 0.4) is 0 Å². The normalized spacial score (nSPS) is 12.4. The van der Waals surface area contributed by atoms with Gasteiger partial charge >= 0.3 is 0 Å². The van der Waals surface area contributed by atoms with Crippen molar-refractivity contribution in [3.63, 3.8) is 0 Å². The fourth-order valence-corrected chi connectivity index (χ4v) is 3.66. The van der Waals surface area contributed by atoms with Crippen LogP contribution in [0.5, 0.6) is 0 Å². The van der Waals surface area contributed by atoms with Crippen LogP contribution < -0.4 is 10.6 Å². The van der Waals surface area contributed by atoms with Gasteiger partial charge in [0.15, 0.2) is 5.78 Å². The molecule has 0 aliphatic heterocycles. The van der Waals surface area contributed by atoms with E-state index >= 15 is 0 Å². The Morgan fingerprint density at radius 3 is 2.03 bits per heavy atom. The highest BCUT2D eigenvalue weighted by Gasteiger charge is 2.25. The van der Waals surface area contributed by atoms with Gasteiger partial charge in [0.1, 0.15) is 6.04 Å². The van der Waals surface area contributed by atoms with Gasteiger partial charge in [-0.3, -0.25) is 14.4 Å². The topological polar surface area (TPSA) is 95.5 Å². The van der Waals surface area contributed by atoms with Crippen LogP contribution in [-0.2, 0) is 17.6 Å². The molecule has 0 saturated carbocycles. The van der Waals surface area contributed by atoms with Crippen LogP contribution in [0.1, 0.15) is 38.8 Å². The summed E-state index contributed by atoms with van der Waals surface area (Å²) in [6.45, 7) is 1.18. The lowest BCUT2D eigenvalue weighted by molar-refractivity contribution is -0.124. The number of ketones is 1. The molecule has 3 rings (SSSR count). The molecule has 0 bridgehead atoms. The third kappa shape index (κ3) is 6.85. The predicted octanol–water partition coefficient (Wildman–Crippen LogP) is 2.95. The molecule has 0 unspecified atom stereocenters. The van der Waals surface area contributed by atoms with Crippen molar-refractivity contribution >= 4 is 17.6 Å². The average Bonchev–Trinajstić information content (AvgIpc) is 2.84. The number of hydrogen-bond donors (Lipinski definition) is 3. The van der Waals surface area contributed by atoms with Crippen molar-refractivity contribution in [2.75, 3.05) is 6.61 Å². The zero-order chi connectivity index (χ0) is 23.6. The number of aliphatic hydroxyl groups is 1. The summed E-state index contributed by atoms with van der Waals surface area (Å²) in [6, 6.07) is 23.8. The number of rotatable bonds is 10. The van der Waals surface area contributed by atoms with Crippen molar-refractivity contribution in [3.8, 4) is 0 Å². The Balaban J connectivity index is 1.76. The van der Waals surface area contributed by atoms with Crippen molar-refractivity contribution < 1.29 is 19.5 Å². The number of carbonyl (C=O) groups is 3. The Hall–Kier alpha value is -3.77. The van der Waals surface area contributed by atoms with Crippen molar-refractivity contribution in [2.45, 2.75) is 31.8 Å². The lowest BCUT2D eigenvalue weighted by atomic mass is 9.97. The van der Waals surface area contributed by atoms with Crippen LogP contribution in [0.15, 0.2) is 84.9 Å². The van der Waals surface area contributed by atoms with Gasteiger partial charge in [-0.1, -0.05) is 72.8 Å². The summed E-state index contributed by atoms with van der Waals surface area (Å²) >= 11 is 0. The highest BCUT2D eigenvalue weighted by molar-refractivity contribution is 5.98. The predicted molar refractivity (Wildman–Crippen MR) is 127 cm³/mol. The Bertz CT molecular complexity index is 1080. The maximum atomic E-state index is 13.2. The molecular weight excluding hydrogens is 416 g/mol. The monoisotopic (exact) mass is 444 g/mol. The van der Waals surface area contributed by atoms with E-state index in [2.05, 4.69) is 10.6 Å². The number of hydrogen-bond acceptors (Lipinski definition) is 4. The summed E-state index contributed by atoms with van der Waals surface area (Å²) < 4.78 is 0. The number of nitrogens with one attached hydrogen (secondary N) is 2. The fourth-order valence-electron chi connectivity index (χ4n) is 3.66. The average molecular weight is 445 g/mol. The Morgan fingerprint density at radius 1 is 0.788 bits per heavy atom. The van der Waals surface area contributed by atoms with E-state index in [-0.39, 0.29) is 18.3 Å². The zero-order valence-electron chi connectivity index (χ0n) is 18.5. The van der Waals surface area contributed by atoms with E-state index in [1.54, 1.807) is 36.4 Å². The first-order chi connectivity index (χ1) is 16.0. The minimum absolute atomic E-state index is 0.0781. The Labute approximate surface area is 193 Å². The molecule has 3 N–H and O–H groups in total. The molecule has 0 fully saturated rings. The third-order valence-electron chi connectivity index (χ3n) is 5.37. The molecule has 0 saturated heterocycles. The molecule has 0 aliphatic carbocycles. The van der Waals surface area contributed by atoms with E-state index < -0.39 is 18.0 Å². The van der Waals surface area contributed by atoms with Gasteiger partial charge in [-0.15, -0.1) is 0 Å². The van der Waals surface area contributed by atoms with E-state index in [4.69, 9.17) is 0 Å². The summed E-state index contributed by atoms with van der Waals surface area (Å²) in [7, 11) is 0. The molecule has 0 radical (unpaired) electrons. The SMILES string of the molecule is CC(=O)c1ccccc1C[C@@H](CO)NC(=O)[C@H](Cc1ccccc1)NC(=O)c1ccccc1. The molecule has 3 aromatic rings. The second kappa shape index (κ2) is 11.7. The van der Waals surface area contributed by atoms with Gasteiger partial charge in [0, 0.05) is 17.5 Å². The van der Waals surface area contributed by atoms with Crippen molar-refractivity contribution in [1.82, 2.24) is 10.6 Å². The van der Waals surface area contributed by atoms with Gasteiger partial charge in [-0.25, -0.2) is 0 Å². The van der Waals surface area contributed by atoms with Crippen LogP contribution in [0, 0.1) is 0 Å². The van der Waals surface area contributed by atoms with Crippen LogP contribution in [0.4, 0.5) is 0 Å². The molecule has 6 heteroatoms. The number of carbonyl (C=O) groups excluding carboxylic acids is 3. The van der Waals surface area contributed by atoms with Gasteiger partial charge in [-0.2, -0.15) is 0 Å². The number of aliphatic hydroxyl groups excluding tert-OH is 1. The second-order valence-corrected chi connectivity index (χ2v) is 7.89. The van der Waals surface area contributed by atoms with Gasteiger partial charge in [0.2, 0.25) is 5.91 Å². The number of amides is 2. The van der Waals surface area contributed by atoms with Crippen LogP contribution in [-0.4, -0.2) is 41.4 Å². The van der Waals surface area contributed by atoms with E-state index in [0.29, 0.717) is 24.0 Å². The molecule has 0 aromatic heterocycles. The Morgan fingerprint density at radius 2 is 1.39 bits per heavy atom. The first kappa shape index (κ1) is 23.9. The highest BCUT2D eigenvalue weighted by Crippen LogP contribution is 2.13. The van der Waals surface area contributed by atoms with Gasteiger partial charge < -0.3 is 15.7 Å². The molecule has 3 aromatic carbocycles. The summed E-state index contributed by atoms with van der Waals surface area (Å²) in [5.74, 6) is -0.831. The third-order valence-corrected chi connectivity index (χ3v) is 5.37. The molecule has 0 heterocycles. The van der Waals surface area contributed by atoms with Gasteiger partial charge in [-0.05, 0) is 36.6 Å². The maximum absolute atomic E-state index is 13.2. The molecule has 0 spiro atoms. The molecule has 170 valence electrons. The molecule has 2 amide bonds. The van der Waals surface area contributed by atoms with E-state index in [0.717, 1.165) is 11.1 Å². The van der Waals surface area contributed by atoms with Gasteiger partial charge in [0.25, 0.3) is 5.91 Å². The summed E-state index contributed by atoms with van der Waals surface area (Å²) in [6.07, 6.45) is 0.593. The summed E-state index contributed by atoms with van der Waals surface area (Å²) in [5, 5.41) is 15.6. The maximum Gasteiger partial charge on any atom is 0.251 e. The number of Topliss-reactive ketones (excluding diaryl/α,β-unsaturated/α-hetero) is 1. The van der Waals surface area contributed by atoms with Crippen molar-refractivity contribution in [3.05, 3.63) is 107 Å². The second-order valence-electron chi connectivity index (χ2n) is 7.89. The van der Waals surface area contributed by atoms with Crippen LogP contribution >= 0.6 is 0 Å². The van der Waals surface area contributed by atoms with Crippen molar-refractivity contribution in [2.24, 2.45) is 0 Å². The van der Waals surface area contributed by atoms with Gasteiger partial charge in [0.05, 0.1) is 12.6 Å². The molecule has 0 aliphatic rings. The zero-order valence-corrected chi connectivity index (χ0v) is 18.5. The fraction of sp³-hybridized carbons (Fsp3) is 0.222. The van der Waals surface area contributed by atoms with Crippen molar-refractivity contribution in [1.29, 1.82) is 0 Å². The lowest BCUT2D eigenvalue weighted by Gasteiger charge is -2.23. The molecule has 33 heavy (non-hydrogen) atoms. The molecule has 2 atom stereocenters. The van der Waals surface area contributed by atoms with Crippen LogP contribution in [0.2, 0.25) is 0 Å². The standard InChI is InChI=1S/C27H28N2O4/c1-19(31)24-15-9-8-14-22(24)17-23(18-30)28-27(33)25(16-20-10-4-2-5-11-20)29-26(32)21-12-6-3-7-13-21/h2-15,23,25,30H,16-18H2,1H3,(H,28,33)(H,29,32)/t23-,25-/m0/s1. The first-order valence-corrected chi connectivity index (χ1v) is 10.9. The smallest absolute Gasteiger partial charge is 0.251 e. The van der Waals surface area contributed by atoms with E-state index in [1.807, 2.05) is 48.5 Å². The largest absolute Gasteiger partial charge is 0.394 e. The number of benzene rings is 3. The lowest BCUT2D eigenvalue weighted by Crippen LogP contribution is -2.52. The quantitative estimate of drug-likeness (QED) is 0.419. The van der Waals surface area contributed by atoms with E-state index in [1.165, 1.54) is 6.92 Å². The minimum atomic E-state index is -0.836.